The molecule has 4 rings (SSSR count). The zero-order chi connectivity index (χ0) is 31.9. The number of carbonyl (C=O) groups excluding carboxylic acids is 1. The Balaban J connectivity index is 1.24. The summed E-state index contributed by atoms with van der Waals surface area (Å²) in [5.41, 5.74) is 3.58. The second-order valence-electron chi connectivity index (χ2n) is 10.4. The van der Waals surface area contributed by atoms with Crippen LogP contribution in [0.15, 0.2) is 115 Å². The lowest BCUT2D eigenvalue weighted by atomic mass is 9.84. The number of rotatable bonds is 16. The van der Waals surface area contributed by atoms with Crippen LogP contribution in [0.25, 0.3) is 0 Å². The second-order valence-corrected chi connectivity index (χ2v) is 11.7. The summed E-state index contributed by atoms with van der Waals surface area (Å²) in [6, 6.07) is 36.9. The minimum Gasteiger partial charge on any atom is -0.465 e. The molecule has 4 aromatic carbocycles. The molecular formula is C35H37N3O6S. The molecule has 234 valence electrons. The van der Waals surface area contributed by atoms with Gasteiger partial charge in [0.1, 0.15) is 5.75 Å². The number of non-ortho nitro benzene ring substituents is 1. The van der Waals surface area contributed by atoms with E-state index in [-0.39, 0.29) is 29.3 Å². The summed E-state index contributed by atoms with van der Waals surface area (Å²) < 4.78 is 4.74. The second kappa shape index (κ2) is 16.9. The van der Waals surface area contributed by atoms with E-state index >= 15 is 0 Å². The third kappa shape index (κ3) is 9.33. The number of nitrogens with one attached hydrogen (secondary N) is 1. The predicted octanol–water partition coefficient (Wildman–Crippen LogP) is 7.95. The van der Waals surface area contributed by atoms with Crippen molar-refractivity contribution in [2.24, 2.45) is 0 Å². The van der Waals surface area contributed by atoms with E-state index in [1.807, 2.05) is 30.0 Å². The maximum Gasteiger partial charge on any atom is 0.412 e. The number of thioether (sulfide) groups is 1. The van der Waals surface area contributed by atoms with E-state index in [4.69, 9.17) is 4.74 Å². The quantitative estimate of drug-likeness (QED) is 0.0559. The Hall–Kier alpha value is -4.83. The zero-order valence-electron chi connectivity index (χ0n) is 24.9. The Kier molecular flexibility index (Phi) is 12.4. The third-order valence-electron chi connectivity index (χ3n) is 7.36. The van der Waals surface area contributed by atoms with E-state index in [0.717, 1.165) is 25.0 Å². The molecule has 10 heteroatoms. The van der Waals surface area contributed by atoms with Crippen LogP contribution in [0.4, 0.5) is 15.3 Å². The fourth-order valence-corrected chi connectivity index (χ4v) is 6.69. The first-order valence-electron chi connectivity index (χ1n) is 14.9. The van der Waals surface area contributed by atoms with Gasteiger partial charge in [0.2, 0.25) is 0 Å². The molecule has 0 aromatic heterocycles. The highest BCUT2D eigenvalue weighted by Gasteiger charge is 2.36. The molecule has 0 heterocycles. The van der Waals surface area contributed by atoms with Crippen molar-refractivity contribution >= 4 is 29.6 Å². The van der Waals surface area contributed by atoms with Crippen molar-refractivity contribution in [2.75, 3.05) is 25.4 Å². The van der Waals surface area contributed by atoms with Gasteiger partial charge in [-0.1, -0.05) is 104 Å². The Morgan fingerprint density at radius 2 is 1.27 bits per heavy atom. The lowest BCUT2D eigenvalue weighted by Gasteiger charge is -2.35. The first-order valence-corrected chi connectivity index (χ1v) is 15.9. The summed E-state index contributed by atoms with van der Waals surface area (Å²) >= 11 is 1.93. The maximum absolute atomic E-state index is 12.1. The van der Waals surface area contributed by atoms with Gasteiger partial charge in [0, 0.05) is 31.8 Å². The molecule has 0 spiro atoms. The number of ether oxygens (including phenoxy) is 1. The van der Waals surface area contributed by atoms with Crippen molar-refractivity contribution in [3.63, 3.8) is 0 Å². The predicted molar refractivity (Wildman–Crippen MR) is 177 cm³/mol. The van der Waals surface area contributed by atoms with Gasteiger partial charge in [0.15, 0.2) is 0 Å². The minimum absolute atomic E-state index is 0.0787. The normalized spacial score (nSPS) is 11.0. The van der Waals surface area contributed by atoms with Crippen LogP contribution in [0, 0.1) is 10.1 Å². The molecule has 0 saturated heterocycles. The van der Waals surface area contributed by atoms with E-state index in [0.29, 0.717) is 13.0 Å². The first kappa shape index (κ1) is 33.1. The molecule has 0 unspecified atom stereocenters. The van der Waals surface area contributed by atoms with Crippen LogP contribution < -0.4 is 10.1 Å². The van der Waals surface area contributed by atoms with Crippen LogP contribution in [-0.2, 0) is 4.75 Å². The van der Waals surface area contributed by atoms with E-state index in [1.165, 1.54) is 45.9 Å². The van der Waals surface area contributed by atoms with Gasteiger partial charge in [-0.15, -0.1) is 11.8 Å². The van der Waals surface area contributed by atoms with Crippen molar-refractivity contribution in [2.45, 2.75) is 30.4 Å². The van der Waals surface area contributed by atoms with Crippen LogP contribution >= 0.6 is 11.8 Å². The molecule has 4 aromatic rings. The number of amides is 2. The molecule has 0 fully saturated rings. The standard InChI is InChI=1S/C35H37N3O6S/c39-33(44-32-22-20-31(21-23-32)38(42)43)36-24-26-37(34(40)41)25-12-1-2-13-27-45-35(28-14-6-3-7-15-28,29-16-8-4-9-17-29)30-18-10-5-11-19-30/h3-11,14-23H,1-2,12-13,24-27H2,(H,36,39)(H,40,41). The van der Waals surface area contributed by atoms with Crippen molar-refractivity contribution in [1.29, 1.82) is 0 Å². The molecule has 0 bridgehead atoms. The summed E-state index contributed by atoms with van der Waals surface area (Å²) in [5, 5.41) is 22.9. The highest BCUT2D eigenvalue weighted by Crippen LogP contribution is 2.48. The van der Waals surface area contributed by atoms with Crippen LogP contribution in [-0.4, -0.2) is 52.5 Å². The maximum atomic E-state index is 12.1. The van der Waals surface area contributed by atoms with E-state index < -0.39 is 17.1 Å². The van der Waals surface area contributed by atoms with Crippen LogP contribution in [0.1, 0.15) is 42.4 Å². The van der Waals surface area contributed by atoms with Crippen LogP contribution in [0.5, 0.6) is 5.75 Å². The van der Waals surface area contributed by atoms with E-state index in [9.17, 15) is 24.8 Å². The van der Waals surface area contributed by atoms with Gasteiger partial charge >= 0.3 is 12.2 Å². The summed E-state index contributed by atoms with van der Waals surface area (Å²) in [6.45, 7) is 0.563. The molecule has 45 heavy (non-hydrogen) atoms. The SMILES string of the molecule is O=C(NCCN(CCCCCCSC(c1ccccc1)(c1ccccc1)c1ccccc1)C(=O)O)Oc1ccc([N+](=O)[O-])cc1. The monoisotopic (exact) mass is 627 g/mol. The largest absolute Gasteiger partial charge is 0.465 e. The Morgan fingerprint density at radius 3 is 1.76 bits per heavy atom. The van der Waals surface area contributed by atoms with Crippen molar-refractivity contribution in [3.05, 3.63) is 142 Å². The Morgan fingerprint density at radius 1 is 0.756 bits per heavy atom. The Bertz CT molecular complexity index is 1410. The molecule has 0 saturated carbocycles. The number of nitrogens with zero attached hydrogens (tertiary/aromatic N) is 2. The van der Waals surface area contributed by atoms with Gasteiger partial charge in [0.25, 0.3) is 5.69 Å². The smallest absolute Gasteiger partial charge is 0.412 e. The summed E-state index contributed by atoms with van der Waals surface area (Å²) in [4.78, 5) is 35.3. The van der Waals surface area contributed by atoms with Gasteiger partial charge in [-0.05, 0) is 47.4 Å². The zero-order valence-corrected chi connectivity index (χ0v) is 25.7. The number of carboxylic acid groups (broad SMARTS) is 1. The number of hydrogen-bond acceptors (Lipinski definition) is 6. The molecule has 2 N–H and O–H groups in total. The number of benzene rings is 4. The number of carbonyl (C=O) groups is 2. The summed E-state index contributed by atoms with van der Waals surface area (Å²) in [6.07, 6.45) is 1.75. The number of nitro groups is 1. The van der Waals surface area contributed by atoms with Crippen LogP contribution in [0.3, 0.4) is 0 Å². The van der Waals surface area contributed by atoms with Gasteiger partial charge < -0.3 is 20.1 Å². The lowest BCUT2D eigenvalue weighted by Crippen LogP contribution is -2.39. The van der Waals surface area contributed by atoms with Gasteiger partial charge in [-0.25, -0.2) is 9.59 Å². The number of nitro benzene ring substituents is 1. The van der Waals surface area contributed by atoms with Gasteiger partial charge in [-0.3, -0.25) is 10.1 Å². The highest BCUT2D eigenvalue weighted by atomic mass is 32.2. The van der Waals surface area contributed by atoms with Gasteiger partial charge in [0.05, 0.1) is 9.67 Å². The number of hydrogen-bond donors (Lipinski definition) is 2. The minimum atomic E-state index is -1.05. The fraction of sp³-hybridized carbons (Fsp3) is 0.257. The molecule has 9 nitrogen and oxygen atoms in total. The fourth-order valence-electron chi connectivity index (χ4n) is 5.13. The average Bonchev–Trinajstić information content (AvgIpc) is 3.06. The molecule has 0 aliphatic carbocycles. The topological polar surface area (TPSA) is 122 Å². The van der Waals surface area contributed by atoms with E-state index in [2.05, 4.69) is 78.1 Å². The highest BCUT2D eigenvalue weighted by molar-refractivity contribution is 8.00. The lowest BCUT2D eigenvalue weighted by molar-refractivity contribution is -0.384. The first-order chi connectivity index (χ1) is 21.9. The molecule has 2 amide bonds. The molecule has 0 aliphatic rings. The average molecular weight is 628 g/mol. The van der Waals surface area contributed by atoms with Crippen LogP contribution in [0.2, 0.25) is 0 Å². The van der Waals surface area contributed by atoms with Crippen molar-refractivity contribution in [3.8, 4) is 5.75 Å². The molecule has 0 aliphatic heterocycles. The summed E-state index contributed by atoms with van der Waals surface area (Å²) in [5.74, 6) is 1.09. The van der Waals surface area contributed by atoms with Crippen molar-refractivity contribution in [1.82, 2.24) is 10.2 Å². The van der Waals surface area contributed by atoms with E-state index in [1.54, 1.807) is 0 Å². The molecule has 0 atom stereocenters. The van der Waals surface area contributed by atoms with Gasteiger partial charge in [-0.2, -0.15) is 0 Å². The number of unbranched alkanes of at least 4 members (excludes halogenated alkanes) is 3. The summed E-state index contributed by atoms with van der Waals surface area (Å²) in [7, 11) is 0. The third-order valence-corrected chi connectivity index (χ3v) is 8.99. The molecular weight excluding hydrogens is 590 g/mol. The van der Waals surface area contributed by atoms with Crippen molar-refractivity contribution < 1.29 is 24.4 Å². The molecule has 0 radical (unpaired) electrons. The Labute approximate surface area is 267 Å².